The molecule has 176 valence electrons. The highest BCUT2D eigenvalue weighted by molar-refractivity contribution is 6.39. The van der Waals surface area contributed by atoms with Crippen LogP contribution in [-0.2, 0) is 16.2 Å². The van der Waals surface area contributed by atoms with Crippen LogP contribution in [0.3, 0.4) is 0 Å². The maximum absolute atomic E-state index is 12.1. The summed E-state index contributed by atoms with van der Waals surface area (Å²) in [6, 6.07) is 17.0. The van der Waals surface area contributed by atoms with Crippen molar-refractivity contribution in [3.8, 4) is 17.2 Å². The number of hydrazone groups is 1. The summed E-state index contributed by atoms with van der Waals surface area (Å²) >= 11 is 12.4. The number of para-hydroxylation sites is 2. The molecule has 0 spiro atoms. The van der Waals surface area contributed by atoms with Gasteiger partial charge in [0.05, 0.1) is 26.1 Å². The van der Waals surface area contributed by atoms with E-state index in [9.17, 15) is 9.59 Å². The van der Waals surface area contributed by atoms with E-state index in [0.717, 1.165) is 0 Å². The number of methoxy groups -OCH3 is 2. The Balaban J connectivity index is 1.60. The molecule has 0 heterocycles. The predicted molar refractivity (Wildman–Crippen MR) is 131 cm³/mol. The molecule has 0 bridgehead atoms. The molecule has 0 fully saturated rings. The Bertz CT molecular complexity index is 1200. The highest BCUT2D eigenvalue weighted by Crippen LogP contribution is 2.31. The third-order valence-corrected chi connectivity index (χ3v) is 5.27. The van der Waals surface area contributed by atoms with Crippen molar-refractivity contribution in [3.63, 3.8) is 0 Å². The van der Waals surface area contributed by atoms with E-state index in [4.69, 9.17) is 37.4 Å². The number of nitrogens with one attached hydrogen (secondary N) is 2. The number of hydrogen-bond acceptors (Lipinski definition) is 6. The largest absolute Gasteiger partial charge is 0.495 e. The molecular weight excluding hydrogens is 481 g/mol. The van der Waals surface area contributed by atoms with E-state index < -0.39 is 11.8 Å². The number of amides is 2. The zero-order chi connectivity index (χ0) is 24.5. The molecule has 3 rings (SSSR count). The fraction of sp³-hybridized carbons (Fsp3) is 0.125. The molecule has 10 heteroatoms. The lowest BCUT2D eigenvalue weighted by molar-refractivity contribution is -0.136. The second kappa shape index (κ2) is 11.9. The molecule has 8 nitrogen and oxygen atoms in total. The van der Waals surface area contributed by atoms with Crippen LogP contribution in [-0.4, -0.2) is 32.2 Å². The van der Waals surface area contributed by atoms with Gasteiger partial charge in [-0.2, -0.15) is 5.10 Å². The Hall–Kier alpha value is -3.75. The summed E-state index contributed by atoms with van der Waals surface area (Å²) in [6.07, 6.45) is 1.37. The zero-order valence-corrected chi connectivity index (χ0v) is 19.8. The monoisotopic (exact) mass is 501 g/mol. The minimum Gasteiger partial charge on any atom is -0.495 e. The predicted octanol–water partition coefficient (Wildman–Crippen LogP) is 4.68. The molecule has 0 saturated carbocycles. The Morgan fingerprint density at radius 2 is 1.59 bits per heavy atom. The van der Waals surface area contributed by atoms with E-state index in [1.165, 1.54) is 20.4 Å². The van der Waals surface area contributed by atoms with E-state index >= 15 is 0 Å². The number of carbonyl (C=O) groups excluding carboxylic acids is 2. The fourth-order valence-corrected chi connectivity index (χ4v) is 3.35. The summed E-state index contributed by atoms with van der Waals surface area (Å²) in [5.41, 5.74) is 3.81. The fourth-order valence-electron chi connectivity index (χ4n) is 2.85. The van der Waals surface area contributed by atoms with Gasteiger partial charge >= 0.3 is 11.8 Å². The molecule has 0 unspecified atom stereocenters. The lowest BCUT2D eigenvalue weighted by atomic mass is 10.2. The molecule has 34 heavy (non-hydrogen) atoms. The highest BCUT2D eigenvalue weighted by Gasteiger charge is 2.15. The van der Waals surface area contributed by atoms with E-state index in [1.54, 1.807) is 60.7 Å². The Labute approximate surface area is 206 Å². The normalized spacial score (nSPS) is 10.6. The zero-order valence-electron chi connectivity index (χ0n) is 18.3. The van der Waals surface area contributed by atoms with Gasteiger partial charge in [-0.05, 0) is 48.0 Å². The average molecular weight is 502 g/mol. The van der Waals surface area contributed by atoms with E-state index in [2.05, 4.69) is 15.8 Å². The van der Waals surface area contributed by atoms with Crippen molar-refractivity contribution >= 4 is 46.9 Å². The molecule has 0 radical (unpaired) electrons. The van der Waals surface area contributed by atoms with Crippen LogP contribution < -0.4 is 25.0 Å². The van der Waals surface area contributed by atoms with Gasteiger partial charge in [-0.25, -0.2) is 5.43 Å². The van der Waals surface area contributed by atoms with Gasteiger partial charge in [0, 0.05) is 15.6 Å². The first kappa shape index (κ1) is 24.9. The van der Waals surface area contributed by atoms with Crippen LogP contribution in [0.25, 0.3) is 0 Å². The topological polar surface area (TPSA) is 98.2 Å². The molecule has 2 N–H and O–H groups in total. The maximum Gasteiger partial charge on any atom is 0.329 e. The smallest absolute Gasteiger partial charge is 0.329 e. The van der Waals surface area contributed by atoms with Crippen LogP contribution in [0.4, 0.5) is 5.69 Å². The number of benzene rings is 3. The summed E-state index contributed by atoms with van der Waals surface area (Å²) in [4.78, 5) is 24.1. The van der Waals surface area contributed by atoms with Crippen LogP contribution in [0.15, 0.2) is 65.8 Å². The molecular formula is C24H21Cl2N3O5. The highest BCUT2D eigenvalue weighted by atomic mass is 35.5. The van der Waals surface area contributed by atoms with Gasteiger partial charge in [0.2, 0.25) is 0 Å². The first-order valence-electron chi connectivity index (χ1n) is 9.94. The summed E-state index contributed by atoms with van der Waals surface area (Å²) in [7, 11) is 2.96. The Morgan fingerprint density at radius 1 is 0.882 bits per heavy atom. The number of hydrogen-bond donors (Lipinski definition) is 2. The van der Waals surface area contributed by atoms with E-state index in [1.807, 2.05) is 0 Å². The van der Waals surface area contributed by atoms with Crippen molar-refractivity contribution in [1.29, 1.82) is 0 Å². The number of halogens is 2. The lowest BCUT2D eigenvalue weighted by Crippen LogP contribution is -2.32. The Kier molecular flexibility index (Phi) is 8.73. The van der Waals surface area contributed by atoms with Gasteiger partial charge in [-0.15, -0.1) is 0 Å². The molecule has 3 aromatic carbocycles. The van der Waals surface area contributed by atoms with Crippen LogP contribution in [0, 0.1) is 0 Å². The van der Waals surface area contributed by atoms with Crippen LogP contribution in [0.1, 0.15) is 11.1 Å². The summed E-state index contributed by atoms with van der Waals surface area (Å²) < 4.78 is 16.3. The van der Waals surface area contributed by atoms with Crippen LogP contribution in [0.2, 0.25) is 10.0 Å². The first-order valence-corrected chi connectivity index (χ1v) is 10.7. The van der Waals surface area contributed by atoms with Crippen molar-refractivity contribution in [2.75, 3.05) is 19.5 Å². The third-order valence-electron chi connectivity index (χ3n) is 4.56. The first-order chi connectivity index (χ1) is 16.4. The van der Waals surface area contributed by atoms with Crippen molar-refractivity contribution in [2.45, 2.75) is 6.61 Å². The number of ether oxygens (including phenoxy) is 3. The van der Waals surface area contributed by atoms with Gasteiger partial charge in [-0.3, -0.25) is 9.59 Å². The summed E-state index contributed by atoms with van der Waals surface area (Å²) in [6.45, 7) is 0.152. The van der Waals surface area contributed by atoms with E-state index in [-0.39, 0.29) is 6.61 Å². The molecule has 0 aliphatic rings. The second-order valence-corrected chi connectivity index (χ2v) is 7.57. The number of anilines is 1. The quantitative estimate of drug-likeness (QED) is 0.265. The standard InChI is InChI=1S/C24H21Cl2N3O5/c1-32-20-9-4-3-8-19(20)28-23(30)24(31)29-27-13-15-10-11-21(22(12-15)33-2)34-14-16-17(25)6-5-7-18(16)26/h3-13H,14H2,1-2H3,(H,28,30)(H,29,31)/b27-13-. The van der Waals surface area contributed by atoms with Gasteiger partial charge in [0.25, 0.3) is 0 Å². The molecule has 0 aromatic heterocycles. The van der Waals surface area contributed by atoms with Crippen molar-refractivity contribution in [2.24, 2.45) is 5.10 Å². The number of carbonyl (C=O) groups is 2. The average Bonchev–Trinajstić information content (AvgIpc) is 2.84. The number of rotatable bonds is 8. The molecule has 3 aromatic rings. The molecule has 2 amide bonds. The van der Waals surface area contributed by atoms with Gasteiger partial charge in [0.1, 0.15) is 12.4 Å². The van der Waals surface area contributed by atoms with Gasteiger partial charge in [-0.1, -0.05) is 41.4 Å². The van der Waals surface area contributed by atoms with Crippen molar-refractivity contribution < 1.29 is 23.8 Å². The van der Waals surface area contributed by atoms with Crippen molar-refractivity contribution in [3.05, 3.63) is 81.8 Å². The van der Waals surface area contributed by atoms with Crippen molar-refractivity contribution in [1.82, 2.24) is 5.43 Å². The van der Waals surface area contributed by atoms with Gasteiger partial charge in [0.15, 0.2) is 11.5 Å². The number of nitrogens with zero attached hydrogens (tertiary/aromatic N) is 1. The Morgan fingerprint density at radius 3 is 2.29 bits per heavy atom. The SMILES string of the molecule is COc1ccccc1NC(=O)C(=O)N/N=C\c1ccc(OCc2c(Cl)cccc2Cl)c(OC)c1. The van der Waals surface area contributed by atoms with Crippen LogP contribution in [0.5, 0.6) is 17.2 Å². The molecule has 0 aliphatic heterocycles. The molecule has 0 atom stereocenters. The minimum atomic E-state index is -0.939. The third kappa shape index (κ3) is 6.40. The van der Waals surface area contributed by atoms with Crippen LogP contribution >= 0.6 is 23.2 Å². The molecule has 0 saturated heterocycles. The summed E-state index contributed by atoms with van der Waals surface area (Å²) in [5.74, 6) is -0.492. The molecule has 0 aliphatic carbocycles. The second-order valence-electron chi connectivity index (χ2n) is 6.75. The van der Waals surface area contributed by atoms with Gasteiger partial charge < -0.3 is 19.5 Å². The minimum absolute atomic E-state index is 0.152. The van der Waals surface area contributed by atoms with E-state index in [0.29, 0.717) is 44.1 Å². The maximum atomic E-state index is 12.1. The summed E-state index contributed by atoms with van der Waals surface area (Å²) in [5, 5.41) is 7.29. The lowest BCUT2D eigenvalue weighted by Gasteiger charge is -2.13.